The van der Waals surface area contributed by atoms with Crippen molar-refractivity contribution in [2.75, 3.05) is 17.2 Å². The van der Waals surface area contributed by atoms with Crippen LogP contribution in [-0.2, 0) is 10.2 Å². The average Bonchev–Trinajstić information content (AvgIpc) is 2.49. The molecule has 0 aromatic heterocycles. The van der Waals surface area contributed by atoms with Crippen LogP contribution < -0.4 is 10.6 Å². The van der Waals surface area contributed by atoms with Crippen LogP contribution in [0, 0.1) is 13.8 Å². The highest BCUT2D eigenvalue weighted by Crippen LogP contribution is 2.29. The highest BCUT2D eigenvalue weighted by molar-refractivity contribution is 5.92. The van der Waals surface area contributed by atoms with E-state index < -0.39 is 0 Å². The summed E-state index contributed by atoms with van der Waals surface area (Å²) in [4.78, 5) is 12.3. The van der Waals surface area contributed by atoms with Gasteiger partial charge in [-0.1, -0.05) is 57.2 Å². The molecule has 0 atom stereocenters. The van der Waals surface area contributed by atoms with E-state index >= 15 is 0 Å². The van der Waals surface area contributed by atoms with Crippen LogP contribution in [0.3, 0.4) is 0 Å². The number of nitrogens with one attached hydrogen (secondary N) is 2. The molecule has 2 N–H and O–H groups in total. The van der Waals surface area contributed by atoms with Crippen molar-refractivity contribution in [2.45, 2.75) is 46.5 Å². The Hall–Kier alpha value is -2.29. The van der Waals surface area contributed by atoms with Crippen LogP contribution >= 0.6 is 0 Å². The molecular weight excluding hydrogens is 296 g/mol. The Morgan fingerprint density at radius 1 is 0.958 bits per heavy atom. The molecule has 3 nitrogen and oxygen atoms in total. The predicted octanol–water partition coefficient (Wildman–Crippen LogP) is 5.04. The van der Waals surface area contributed by atoms with E-state index in [1.807, 2.05) is 24.3 Å². The summed E-state index contributed by atoms with van der Waals surface area (Å²) in [6.07, 6.45) is 0.437. The first kappa shape index (κ1) is 18.1. The SMILES string of the molecule is Cc1cccc(C)c1NCCC(=O)Nc1ccccc1C(C)(C)C. The Bertz CT molecular complexity index is 694. The molecule has 0 saturated carbocycles. The first-order valence-electron chi connectivity index (χ1n) is 8.48. The summed E-state index contributed by atoms with van der Waals surface area (Å²) in [5.74, 6) is 0.0328. The zero-order valence-electron chi connectivity index (χ0n) is 15.4. The van der Waals surface area contributed by atoms with Gasteiger partial charge in [-0.05, 0) is 42.0 Å². The van der Waals surface area contributed by atoms with Gasteiger partial charge in [0, 0.05) is 24.3 Å². The van der Waals surface area contributed by atoms with Crippen LogP contribution in [0.4, 0.5) is 11.4 Å². The first-order chi connectivity index (χ1) is 11.3. The number of aryl methyl sites for hydroxylation is 2. The summed E-state index contributed by atoms with van der Waals surface area (Å²) in [6, 6.07) is 14.2. The Labute approximate surface area is 145 Å². The van der Waals surface area contributed by atoms with Gasteiger partial charge >= 0.3 is 0 Å². The van der Waals surface area contributed by atoms with Gasteiger partial charge in [-0.2, -0.15) is 0 Å². The van der Waals surface area contributed by atoms with E-state index in [9.17, 15) is 4.79 Å². The summed E-state index contributed by atoms with van der Waals surface area (Å²) in [5, 5.41) is 6.44. The van der Waals surface area contributed by atoms with Crippen molar-refractivity contribution in [1.82, 2.24) is 0 Å². The molecule has 2 rings (SSSR count). The lowest BCUT2D eigenvalue weighted by Crippen LogP contribution is -2.20. The Balaban J connectivity index is 1.95. The molecule has 1 amide bonds. The minimum Gasteiger partial charge on any atom is -0.384 e. The van der Waals surface area contributed by atoms with Gasteiger partial charge in [-0.3, -0.25) is 4.79 Å². The number of amides is 1. The zero-order chi connectivity index (χ0) is 17.7. The third-order valence-electron chi connectivity index (χ3n) is 4.14. The van der Waals surface area contributed by atoms with Crippen molar-refractivity contribution in [1.29, 1.82) is 0 Å². The van der Waals surface area contributed by atoms with E-state index in [4.69, 9.17) is 0 Å². The second-order valence-corrected chi connectivity index (χ2v) is 7.29. The number of benzene rings is 2. The predicted molar refractivity (Wildman–Crippen MR) is 103 cm³/mol. The average molecular weight is 324 g/mol. The molecule has 0 radical (unpaired) electrons. The molecule has 0 heterocycles. The summed E-state index contributed by atoms with van der Waals surface area (Å²) in [7, 11) is 0. The van der Waals surface area contributed by atoms with E-state index in [1.165, 1.54) is 11.1 Å². The van der Waals surface area contributed by atoms with E-state index in [0.29, 0.717) is 13.0 Å². The molecule has 3 heteroatoms. The fourth-order valence-electron chi connectivity index (χ4n) is 2.85. The third kappa shape index (κ3) is 4.60. The lowest BCUT2D eigenvalue weighted by Gasteiger charge is -2.23. The molecule has 2 aromatic rings. The zero-order valence-corrected chi connectivity index (χ0v) is 15.4. The molecule has 24 heavy (non-hydrogen) atoms. The van der Waals surface area contributed by atoms with Gasteiger partial charge in [-0.25, -0.2) is 0 Å². The van der Waals surface area contributed by atoms with Gasteiger partial charge in [0.1, 0.15) is 0 Å². The number of anilines is 2. The quantitative estimate of drug-likeness (QED) is 0.809. The maximum Gasteiger partial charge on any atom is 0.226 e. The number of para-hydroxylation sites is 2. The normalized spacial score (nSPS) is 11.2. The molecule has 0 saturated heterocycles. The topological polar surface area (TPSA) is 41.1 Å². The first-order valence-corrected chi connectivity index (χ1v) is 8.48. The van der Waals surface area contributed by atoms with Gasteiger partial charge in [0.15, 0.2) is 0 Å². The Kier molecular flexibility index (Phi) is 5.66. The van der Waals surface area contributed by atoms with Crippen LogP contribution in [0.1, 0.15) is 43.9 Å². The van der Waals surface area contributed by atoms with Crippen LogP contribution in [0.25, 0.3) is 0 Å². The number of rotatable bonds is 5. The van der Waals surface area contributed by atoms with Crippen LogP contribution in [0.5, 0.6) is 0 Å². The van der Waals surface area contributed by atoms with Gasteiger partial charge in [0.2, 0.25) is 5.91 Å². The Morgan fingerprint density at radius 2 is 1.58 bits per heavy atom. The third-order valence-corrected chi connectivity index (χ3v) is 4.14. The van der Waals surface area contributed by atoms with Crippen LogP contribution in [0.15, 0.2) is 42.5 Å². The van der Waals surface area contributed by atoms with E-state index in [2.05, 4.69) is 63.5 Å². The van der Waals surface area contributed by atoms with Crippen molar-refractivity contribution in [3.63, 3.8) is 0 Å². The second kappa shape index (κ2) is 7.52. The van der Waals surface area contributed by atoms with Crippen LogP contribution in [0.2, 0.25) is 0 Å². The summed E-state index contributed by atoms with van der Waals surface area (Å²) in [5.41, 5.74) is 5.59. The number of hydrogen-bond acceptors (Lipinski definition) is 2. The summed E-state index contributed by atoms with van der Waals surface area (Å²) < 4.78 is 0. The second-order valence-electron chi connectivity index (χ2n) is 7.29. The number of hydrogen-bond donors (Lipinski definition) is 2. The summed E-state index contributed by atoms with van der Waals surface area (Å²) in [6.45, 7) is 11.2. The largest absolute Gasteiger partial charge is 0.384 e. The molecule has 0 spiro atoms. The monoisotopic (exact) mass is 324 g/mol. The molecule has 0 aliphatic carbocycles. The van der Waals surface area contributed by atoms with Crippen molar-refractivity contribution in [3.8, 4) is 0 Å². The van der Waals surface area contributed by atoms with Crippen molar-refractivity contribution >= 4 is 17.3 Å². The van der Waals surface area contributed by atoms with Crippen LogP contribution in [-0.4, -0.2) is 12.5 Å². The molecule has 0 aliphatic heterocycles. The lowest BCUT2D eigenvalue weighted by molar-refractivity contribution is -0.115. The highest BCUT2D eigenvalue weighted by Gasteiger charge is 2.18. The molecule has 2 aromatic carbocycles. The molecule has 0 bridgehead atoms. The fraction of sp³-hybridized carbons (Fsp3) is 0.381. The maximum atomic E-state index is 12.3. The molecule has 0 fully saturated rings. The number of carbonyl (C=O) groups is 1. The smallest absolute Gasteiger partial charge is 0.226 e. The molecule has 0 aliphatic rings. The van der Waals surface area contributed by atoms with E-state index in [0.717, 1.165) is 16.9 Å². The van der Waals surface area contributed by atoms with Gasteiger partial charge in [0.25, 0.3) is 0 Å². The van der Waals surface area contributed by atoms with Gasteiger partial charge < -0.3 is 10.6 Å². The minimum absolute atomic E-state index is 0.000383. The Morgan fingerprint density at radius 3 is 2.21 bits per heavy atom. The van der Waals surface area contributed by atoms with Crippen molar-refractivity contribution < 1.29 is 4.79 Å². The van der Waals surface area contributed by atoms with Crippen molar-refractivity contribution in [3.05, 3.63) is 59.2 Å². The van der Waals surface area contributed by atoms with E-state index in [-0.39, 0.29) is 11.3 Å². The number of carbonyl (C=O) groups excluding carboxylic acids is 1. The maximum absolute atomic E-state index is 12.3. The van der Waals surface area contributed by atoms with E-state index in [1.54, 1.807) is 0 Å². The molecular formula is C21H28N2O. The minimum atomic E-state index is 0.000383. The fourth-order valence-corrected chi connectivity index (χ4v) is 2.85. The standard InChI is InChI=1S/C21H28N2O/c1-15-9-8-10-16(2)20(15)22-14-13-19(24)23-18-12-7-6-11-17(18)21(3,4)5/h6-12,22H,13-14H2,1-5H3,(H,23,24). The molecule has 0 unspecified atom stereocenters. The van der Waals surface area contributed by atoms with Crippen molar-refractivity contribution in [2.24, 2.45) is 0 Å². The lowest BCUT2D eigenvalue weighted by atomic mass is 9.86. The summed E-state index contributed by atoms with van der Waals surface area (Å²) >= 11 is 0. The van der Waals surface area contributed by atoms with Gasteiger partial charge in [0.05, 0.1) is 0 Å². The van der Waals surface area contributed by atoms with Gasteiger partial charge in [-0.15, -0.1) is 0 Å². The highest BCUT2D eigenvalue weighted by atomic mass is 16.1. The molecule has 128 valence electrons.